The molecule has 0 saturated heterocycles. The lowest BCUT2D eigenvalue weighted by Crippen LogP contribution is -2.41. The van der Waals surface area contributed by atoms with Crippen molar-refractivity contribution in [2.75, 3.05) is 6.54 Å². The molecule has 0 aromatic heterocycles. The number of benzene rings is 1. The third-order valence-electron chi connectivity index (χ3n) is 4.86. The molecule has 0 spiro atoms. The fraction of sp³-hybridized carbons (Fsp3) is 0.684. The van der Waals surface area contributed by atoms with E-state index in [4.69, 9.17) is 0 Å². The largest absolute Gasteiger partial charge is 0.314 e. The summed E-state index contributed by atoms with van der Waals surface area (Å²) >= 11 is 0. The van der Waals surface area contributed by atoms with E-state index in [1.54, 1.807) is 0 Å². The van der Waals surface area contributed by atoms with Gasteiger partial charge in [-0.15, -0.1) is 0 Å². The van der Waals surface area contributed by atoms with Crippen LogP contribution < -0.4 is 5.32 Å². The van der Waals surface area contributed by atoms with Gasteiger partial charge < -0.3 is 5.32 Å². The molecule has 3 unspecified atom stereocenters. The topological polar surface area (TPSA) is 12.0 Å². The minimum atomic E-state index is 0.633. The molecule has 1 saturated carbocycles. The van der Waals surface area contributed by atoms with Crippen LogP contribution in [0, 0.1) is 11.8 Å². The van der Waals surface area contributed by atoms with E-state index in [-0.39, 0.29) is 0 Å². The van der Waals surface area contributed by atoms with Crippen LogP contribution in [0.2, 0.25) is 0 Å². The molecule has 1 fully saturated rings. The maximum atomic E-state index is 3.70. The highest BCUT2D eigenvalue weighted by molar-refractivity contribution is 5.25. The summed E-state index contributed by atoms with van der Waals surface area (Å²) in [5.41, 5.74) is 2.96. The summed E-state index contributed by atoms with van der Waals surface area (Å²) in [6.07, 6.45) is 5.36. The highest BCUT2D eigenvalue weighted by Crippen LogP contribution is 2.31. The smallest absolute Gasteiger partial charge is 0.00985 e. The first-order valence-corrected chi connectivity index (χ1v) is 8.42. The molecule has 1 aliphatic rings. The van der Waals surface area contributed by atoms with Gasteiger partial charge in [-0.05, 0) is 61.1 Å². The Kier molecular flexibility index (Phi) is 5.65. The average molecular weight is 273 g/mol. The van der Waals surface area contributed by atoms with E-state index in [9.17, 15) is 0 Å². The summed E-state index contributed by atoms with van der Waals surface area (Å²) in [7, 11) is 0. The Labute approximate surface area is 125 Å². The number of nitrogens with one attached hydrogen (secondary N) is 1. The van der Waals surface area contributed by atoms with Crippen LogP contribution in [0.1, 0.15) is 64.0 Å². The zero-order valence-corrected chi connectivity index (χ0v) is 13.7. The third-order valence-corrected chi connectivity index (χ3v) is 4.86. The van der Waals surface area contributed by atoms with Crippen LogP contribution in [0.4, 0.5) is 0 Å². The van der Waals surface area contributed by atoms with Gasteiger partial charge in [0.05, 0.1) is 0 Å². The average Bonchev–Trinajstić information content (AvgIpc) is 2.42. The van der Waals surface area contributed by atoms with Crippen molar-refractivity contribution in [3.8, 4) is 0 Å². The van der Waals surface area contributed by atoms with Crippen molar-refractivity contribution in [2.45, 2.75) is 65.3 Å². The van der Waals surface area contributed by atoms with E-state index >= 15 is 0 Å². The lowest BCUT2D eigenvalue weighted by molar-refractivity contribution is 0.214. The fourth-order valence-corrected chi connectivity index (χ4v) is 3.60. The van der Waals surface area contributed by atoms with Gasteiger partial charge in [-0.3, -0.25) is 0 Å². The highest BCUT2D eigenvalue weighted by Gasteiger charge is 2.27. The van der Waals surface area contributed by atoms with E-state index in [2.05, 4.69) is 57.3 Å². The molecule has 112 valence electrons. The summed E-state index contributed by atoms with van der Waals surface area (Å²) in [6.45, 7) is 10.3. The second kappa shape index (κ2) is 7.26. The Morgan fingerprint density at radius 2 is 1.85 bits per heavy atom. The van der Waals surface area contributed by atoms with Gasteiger partial charge in [0.2, 0.25) is 0 Å². The van der Waals surface area contributed by atoms with Crippen LogP contribution in [0.5, 0.6) is 0 Å². The van der Waals surface area contributed by atoms with Gasteiger partial charge in [-0.1, -0.05) is 52.0 Å². The molecule has 1 nitrogen and oxygen atoms in total. The Morgan fingerprint density at radius 3 is 2.45 bits per heavy atom. The summed E-state index contributed by atoms with van der Waals surface area (Å²) in [5, 5.41) is 3.70. The summed E-state index contributed by atoms with van der Waals surface area (Å²) < 4.78 is 0. The predicted molar refractivity (Wildman–Crippen MR) is 88.2 cm³/mol. The predicted octanol–water partition coefficient (Wildman–Crippen LogP) is 4.77. The molecule has 1 aliphatic carbocycles. The SMILES string of the molecule is CCNC1CCC(C)CC1Cc1ccc(C(C)C)cc1. The minimum Gasteiger partial charge on any atom is -0.314 e. The minimum absolute atomic E-state index is 0.633. The molecule has 0 heterocycles. The maximum Gasteiger partial charge on any atom is 0.00985 e. The molecule has 3 atom stereocenters. The lowest BCUT2D eigenvalue weighted by Gasteiger charge is -2.35. The van der Waals surface area contributed by atoms with Gasteiger partial charge in [-0.25, -0.2) is 0 Å². The number of rotatable bonds is 5. The molecule has 2 rings (SSSR count). The zero-order valence-electron chi connectivity index (χ0n) is 13.7. The van der Waals surface area contributed by atoms with E-state index < -0.39 is 0 Å². The molecule has 0 radical (unpaired) electrons. The van der Waals surface area contributed by atoms with Crippen molar-refractivity contribution in [3.05, 3.63) is 35.4 Å². The standard InChI is InChI=1S/C19H31N/c1-5-20-19-11-6-15(4)12-18(19)13-16-7-9-17(10-8-16)14(2)3/h7-10,14-15,18-20H,5-6,11-13H2,1-4H3. The Balaban J connectivity index is 2.01. The monoisotopic (exact) mass is 273 g/mol. The normalized spacial score (nSPS) is 26.9. The first-order chi connectivity index (χ1) is 9.60. The molecular formula is C19H31N. The molecule has 1 aromatic carbocycles. The van der Waals surface area contributed by atoms with Crippen LogP contribution in [-0.4, -0.2) is 12.6 Å². The van der Waals surface area contributed by atoms with E-state index in [1.807, 2.05) is 0 Å². The molecule has 0 amide bonds. The molecule has 20 heavy (non-hydrogen) atoms. The second-order valence-corrected chi connectivity index (χ2v) is 6.94. The van der Waals surface area contributed by atoms with Gasteiger partial charge in [-0.2, -0.15) is 0 Å². The van der Waals surface area contributed by atoms with Crippen molar-refractivity contribution >= 4 is 0 Å². The first-order valence-electron chi connectivity index (χ1n) is 8.42. The number of hydrogen-bond donors (Lipinski definition) is 1. The van der Waals surface area contributed by atoms with Gasteiger partial charge in [0, 0.05) is 6.04 Å². The molecular weight excluding hydrogens is 242 g/mol. The highest BCUT2D eigenvalue weighted by atomic mass is 14.9. The fourth-order valence-electron chi connectivity index (χ4n) is 3.60. The van der Waals surface area contributed by atoms with Crippen molar-refractivity contribution < 1.29 is 0 Å². The van der Waals surface area contributed by atoms with Crippen molar-refractivity contribution in [2.24, 2.45) is 11.8 Å². The zero-order chi connectivity index (χ0) is 14.5. The van der Waals surface area contributed by atoms with Crippen LogP contribution in [0.25, 0.3) is 0 Å². The molecule has 1 aromatic rings. The van der Waals surface area contributed by atoms with Gasteiger partial charge in [0.1, 0.15) is 0 Å². The van der Waals surface area contributed by atoms with Gasteiger partial charge in [0.15, 0.2) is 0 Å². The van der Waals surface area contributed by atoms with E-state index in [1.165, 1.54) is 36.8 Å². The van der Waals surface area contributed by atoms with Gasteiger partial charge in [0.25, 0.3) is 0 Å². The maximum absolute atomic E-state index is 3.70. The van der Waals surface area contributed by atoms with Crippen LogP contribution in [-0.2, 0) is 6.42 Å². The van der Waals surface area contributed by atoms with Crippen molar-refractivity contribution in [1.29, 1.82) is 0 Å². The molecule has 0 aliphatic heterocycles. The summed E-state index contributed by atoms with van der Waals surface area (Å²) in [5.74, 6) is 2.33. The van der Waals surface area contributed by atoms with Crippen LogP contribution >= 0.6 is 0 Å². The van der Waals surface area contributed by atoms with Crippen LogP contribution in [0.15, 0.2) is 24.3 Å². The van der Waals surface area contributed by atoms with Gasteiger partial charge >= 0.3 is 0 Å². The Hall–Kier alpha value is -0.820. The molecule has 1 N–H and O–H groups in total. The van der Waals surface area contributed by atoms with E-state index in [0.717, 1.165) is 24.4 Å². The second-order valence-electron chi connectivity index (χ2n) is 6.94. The first kappa shape index (κ1) is 15.6. The molecule has 1 heteroatoms. The Morgan fingerprint density at radius 1 is 1.15 bits per heavy atom. The molecule has 0 bridgehead atoms. The third kappa shape index (κ3) is 4.09. The van der Waals surface area contributed by atoms with Crippen molar-refractivity contribution in [3.63, 3.8) is 0 Å². The summed E-state index contributed by atoms with van der Waals surface area (Å²) in [4.78, 5) is 0. The van der Waals surface area contributed by atoms with Crippen molar-refractivity contribution in [1.82, 2.24) is 5.32 Å². The quantitative estimate of drug-likeness (QED) is 0.815. The number of hydrogen-bond acceptors (Lipinski definition) is 1. The summed E-state index contributed by atoms with van der Waals surface area (Å²) in [6, 6.07) is 10.0. The Bertz CT molecular complexity index is 393. The van der Waals surface area contributed by atoms with E-state index in [0.29, 0.717) is 5.92 Å². The van der Waals surface area contributed by atoms with Crippen LogP contribution in [0.3, 0.4) is 0 Å². The lowest BCUT2D eigenvalue weighted by atomic mass is 9.76.